The van der Waals surface area contributed by atoms with Crippen molar-refractivity contribution in [2.45, 2.75) is 39.3 Å². The normalized spacial score (nSPS) is 11.9. The zero-order chi connectivity index (χ0) is 20.1. The molecule has 0 bridgehead atoms. The van der Waals surface area contributed by atoms with Gasteiger partial charge in [-0.15, -0.1) is 0 Å². The minimum atomic E-state index is -1.27. The molecular weight excluding hydrogens is 344 g/mol. The Morgan fingerprint density at radius 1 is 1.23 bits per heavy atom. The highest BCUT2D eigenvalue weighted by molar-refractivity contribution is 5.99. The van der Waals surface area contributed by atoms with E-state index in [0.717, 1.165) is 6.07 Å². The number of nitrogens with one attached hydrogen (secondary N) is 3. The van der Waals surface area contributed by atoms with E-state index in [9.17, 15) is 24.5 Å². The first-order valence-corrected chi connectivity index (χ1v) is 7.75. The smallest absolute Gasteiger partial charge is 0.339 e. The molecule has 0 heterocycles. The quantitative estimate of drug-likeness (QED) is 0.410. The van der Waals surface area contributed by atoms with Crippen LogP contribution in [0, 0.1) is 10.1 Å². The van der Waals surface area contributed by atoms with Crippen molar-refractivity contribution in [3.63, 3.8) is 0 Å². The van der Waals surface area contributed by atoms with E-state index in [1.165, 1.54) is 26.1 Å². The number of nitrogens with zero attached hydrogens (tertiary/aromatic N) is 1. The van der Waals surface area contributed by atoms with Gasteiger partial charge < -0.3 is 15.4 Å². The Morgan fingerprint density at radius 3 is 2.35 bits per heavy atom. The molecule has 0 radical (unpaired) electrons. The van der Waals surface area contributed by atoms with Crippen LogP contribution in [-0.4, -0.2) is 41.5 Å². The number of hydrogen-bond donors (Lipinski definition) is 3. The van der Waals surface area contributed by atoms with Crippen LogP contribution in [0.25, 0.3) is 0 Å². The van der Waals surface area contributed by atoms with Gasteiger partial charge in [-0.25, -0.2) is 9.59 Å². The lowest BCUT2D eigenvalue weighted by Gasteiger charge is -2.21. The highest BCUT2D eigenvalue weighted by Crippen LogP contribution is 2.25. The molecule has 0 aliphatic rings. The van der Waals surface area contributed by atoms with E-state index in [1.54, 1.807) is 20.8 Å². The Kier molecular flexibility index (Phi) is 6.64. The number of hydrogen-bond acceptors (Lipinski definition) is 7. The molecule has 26 heavy (non-hydrogen) atoms. The molecule has 1 atom stereocenters. The number of imide groups is 1. The molecular formula is C16H22N4O6. The predicted molar refractivity (Wildman–Crippen MR) is 93.9 cm³/mol. The third-order valence-electron chi connectivity index (χ3n) is 3.08. The molecule has 3 amide bonds. The van der Waals surface area contributed by atoms with Crippen LogP contribution in [0.2, 0.25) is 0 Å². The summed E-state index contributed by atoms with van der Waals surface area (Å²) < 4.78 is 4.96. The van der Waals surface area contributed by atoms with Crippen LogP contribution >= 0.6 is 0 Å². The number of carbonyl (C=O) groups excluding carboxylic acids is 3. The minimum Gasteiger partial charge on any atom is -0.449 e. The number of urea groups is 1. The maximum Gasteiger partial charge on any atom is 0.339 e. The van der Waals surface area contributed by atoms with E-state index in [2.05, 4.69) is 16.0 Å². The first-order valence-electron chi connectivity index (χ1n) is 7.75. The number of nitro groups is 1. The van der Waals surface area contributed by atoms with Crippen LogP contribution < -0.4 is 16.0 Å². The zero-order valence-electron chi connectivity index (χ0n) is 15.2. The van der Waals surface area contributed by atoms with E-state index in [0.29, 0.717) is 0 Å². The monoisotopic (exact) mass is 366 g/mol. The van der Waals surface area contributed by atoms with Crippen molar-refractivity contribution in [1.29, 1.82) is 0 Å². The Labute approximate surface area is 150 Å². The minimum absolute atomic E-state index is 0.0884. The predicted octanol–water partition coefficient (Wildman–Crippen LogP) is 1.81. The van der Waals surface area contributed by atoms with Gasteiger partial charge in [0.1, 0.15) is 5.69 Å². The summed E-state index contributed by atoms with van der Waals surface area (Å²) in [5.41, 5.74) is -0.701. The van der Waals surface area contributed by atoms with Crippen molar-refractivity contribution in [3.8, 4) is 0 Å². The van der Waals surface area contributed by atoms with Crippen molar-refractivity contribution in [1.82, 2.24) is 10.6 Å². The molecule has 0 saturated heterocycles. The summed E-state index contributed by atoms with van der Waals surface area (Å²) in [5.74, 6) is -1.74. The second-order valence-corrected chi connectivity index (χ2v) is 6.48. The molecule has 1 aromatic carbocycles. The standard InChI is InChI=1S/C16H22N4O6/c1-9(13(21)18-15(23)19-16(2,3)4)26-14(22)10-6-7-11(17-5)12(8-10)20(24)25/h6-9,17H,1-5H3,(H2,18,19,21,23)/t9-/m0/s1. The van der Waals surface area contributed by atoms with Gasteiger partial charge in [-0.3, -0.25) is 20.2 Å². The number of ether oxygens (including phenoxy) is 1. The molecule has 0 aromatic heterocycles. The largest absolute Gasteiger partial charge is 0.449 e. The summed E-state index contributed by atoms with van der Waals surface area (Å²) >= 11 is 0. The van der Waals surface area contributed by atoms with Crippen LogP contribution in [0.15, 0.2) is 18.2 Å². The second kappa shape index (κ2) is 8.28. The van der Waals surface area contributed by atoms with Crippen molar-refractivity contribution in [3.05, 3.63) is 33.9 Å². The Balaban J connectivity index is 2.78. The lowest BCUT2D eigenvalue weighted by molar-refractivity contribution is -0.384. The lowest BCUT2D eigenvalue weighted by Crippen LogP contribution is -2.50. The topological polar surface area (TPSA) is 140 Å². The molecule has 0 fully saturated rings. The number of rotatable bonds is 5. The molecule has 1 aromatic rings. The first-order chi connectivity index (χ1) is 11.9. The van der Waals surface area contributed by atoms with Crippen LogP contribution in [0.3, 0.4) is 0 Å². The summed E-state index contributed by atoms with van der Waals surface area (Å²) in [6.45, 7) is 6.50. The summed E-state index contributed by atoms with van der Waals surface area (Å²) in [7, 11) is 1.51. The van der Waals surface area contributed by atoms with Crippen LogP contribution in [0.1, 0.15) is 38.1 Å². The first kappa shape index (κ1) is 20.9. The van der Waals surface area contributed by atoms with E-state index in [1.807, 2.05) is 0 Å². The lowest BCUT2D eigenvalue weighted by atomic mass is 10.1. The van der Waals surface area contributed by atoms with Crippen LogP contribution in [0.4, 0.5) is 16.2 Å². The third-order valence-corrected chi connectivity index (χ3v) is 3.08. The fraction of sp³-hybridized carbons (Fsp3) is 0.438. The number of anilines is 1. The summed E-state index contributed by atoms with van der Waals surface area (Å²) in [6, 6.07) is 3.01. The van der Waals surface area contributed by atoms with E-state index < -0.39 is 34.5 Å². The Hall–Kier alpha value is -3.17. The SMILES string of the molecule is CNc1ccc(C(=O)O[C@@H](C)C(=O)NC(=O)NC(C)(C)C)cc1[N+](=O)[O-]. The summed E-state index contributed by atoms with van der Waals surface area (Å²) in [5, 5.41) is 18.3. The van der Waals surface area contributed by atoms with Crippen LogP contribution in [-0.2, 0) is 9.53 Å². The second-order valence-electron chi connectivity index (χ2n) is 6.48. The Morgan fingerprint density at radius 2 is 1.85 bits per heavy atom. The van der Waals surface area contributed by atoms with Gasteiger partial charge in [-0.05, 0) is 39.8 Å². The fourth-order valence-corrected chi connectivity index (χ4v) is 1.89. The number of amides is 3. The number of esters is 1. The van der Waals surface area contributed by atoms with Crippen molar-refractivity contribution in [2.24, 2.45) is 0 Å². The Bertz CT molecular complexity index is 726. The van der Waals surface area contributed by atoms with Gasteiger partial charge in [-0.2, -0.15) is 0 Å². The van der Waals surface area contributed by atoms with E-state index in [4.69, 9.17) is 4.74 Å². The van der Waals surface area contributed by atoms with Gasteiger partial charge in [0, 0.05) is 18.7 Å². The van der Waals surface area contributed by atoms with E-state index >= 15 is 0 Å². The van der Waals surface area contributed by atoms with Crippen molar-refractivity contribution < 1.29 is 24.0 Å². The highest BCUT2D eigenvalue weighted by atomic mass is 16.6. The average Bonchev–Trinajstić information content (AvgIpc) is 2.51. The maximum absolute atomic E-state index is 12.1. The molecule has 0 aliphatic heterocycles. The molecule has 3 N–H and O–H groups in total. The molecule has 0 unspecified atom stereocenters. The van der Waals surface area contributed by atoms with Gasteiger partial charge in [0.25, 0.3) is 11.6 Å². The molecule has 1 rings (SSSR count). The van der Waals surface area contributed by atoms with Gasteiger partial charge in [0.05, 0.1) is 10.5 Å². The van der Waals surface area contributed by atoms with E-state index in [-0.39, 0.29) is 16.9 Å². The van der Waals surface area contributed by atoms with Gasteiger partial charge in [-0.1, -0.05) is 0 Å². The molecule has 10 nitrogen and oxygen atoms in total. The summed E-state index contributed by atoms with van der Waals surface area (Å²) in [4.78, 5) is 46.1. The average molecular weight is 366 g/mol. The van der Waals surface area contributed by atoms with Gasteiger partial charge in [0.15, 0.2) is 6.10 Å². The molecule has 0 saturated carbocycles. The van der Waals surface area contributed by atoms with Gasteiger partial charge in [0.2, 0.25) is 0 Å². The fourth-order valence-electron chi connectivity index (χ4n) is 1.89. The third kappa shape index (κ3) is 6.04. The number of benzene rings is 1. The van der Waals surface area contributed by atoms with Gasteiger partial charge >= 0.3 is 12.0 Å². The molecule has 10 heteroatoms. The summed E-state index contributed by atoms with van der Waals surface area (Å²) in [6.07, 6.45) is -1.27. The van der Waals surface area contributed by atoms with Crippen molar-refractivity contribution in [2.75, 3.05) is 12.4 Å². The highest BCUT2D eigenvalue weighted by Gasteiger charge is 2.24. The number of carbonyl (C=O) groups is 3. The zero-order valence-corrected chi connectivity index (χ0v) is 15.2. The van der Waals surface area contributed by atoms with Crippen molar-refractivity contribution >= 4 is 29.3 Å². The molecule has 0 aliphatic carbocycles. The maximum atomic E-state index is 12.1. The molecule has 0 spiro atoms. The number of nitro benzene ring substituents is 1. The van der Waals surface area contributed by atoms with Crippen LogP contribution in [0.5, 0.6) is 0 Å². The molecule has 142 valence electrons.